The lowest BCUT2D eigenvalue weighted by molar-refractivity contribution is -0.144. The summed E-state index contributed by atoms with van der Waals surface area (Å²) >= 11 is 0. The number of aliphatic carboxylic acids is 1. The Morgan fingerprint density at radius 2 is 1.86 bits per heavy atom. The number of H-pyrrole nitrogens is 1. The van der Waals surface area contributed by atoms with Gasteiger partial charge in [0.2, 0.25) is 6.79 Å². The number of rotatable bonds is 5. The number of hydrogen-bond donors (Lipinski definition) is 2. The molecule has 0 saturated carbocycles. The molecule has 1 aromatic heterocycles. The second-order valence-electron chi connectivity index (χ2n) is 7.53. The van der Waals surface area contributed by atoms with E-state index in [0.717, 1.165) is 47.6 Å². The number of piperazine rings is 1. The molecule has 2 N–H and O–H groups in total. The first-order valence-corrected chi connectivity index (χ1v) is 9.83. The lowest BCUT2D eigenvalue weighted by Crippen LogP contribution is -2.48. The van der Waals surface area contributed by atoms with E-state index in [9.17, 15) is 9.90 Å². The van der Waals surface area contributed by atoms with E-state index in [0.29, 0.717) is 13.1 Å². The van der Waals surface area contributed by atoms with Crippen LogP contribution in [0, 0.1) is 0 Å². The topological polar surface area (TPSA) is 78.0 Å². The molecule has 2 aromatic carbocycles. The molecule has 0 unspecified atom stereocenters. The van der Waals surface area contributed by atoms with Crippen molar-refractivity contribution in [3.05, 3.63) is 59.8 Å². The lowest BCUT2D eigenvalue weighted by Gasteiger charge is -2.37. The fourth-order valence-corrected chi connectivity index (χ4v) is 4.28. The molecule has 0 radical (unpaired) electrons. The third-order valence-electron chi connectivity index (χ3n) is 5.76. The van der Waals surface area contributed by atoms with E-state index in [2.05, 4.69) is 20.9 Å². The summed E-state index contributed by atoms with van der Waals surface area (Å²) in [5.41, 5.74) is 2.97. The molecule has 7 nitrogen and oxygen atoms in total. The van der Waals surface area contributed by atoms with Gasteiger partial charge in [-0.15, -0.1) is 0 Å². The summed E-state index contributed by atoms with van der Waals surface area (Å²) < 4.78 is 10.8. The van der Waals surface area contributed by atoms with Crippen LogP contribution < -0.4 is 9.47 Å². The molecular weight excluding hydrogens is 370 g/mol. The second-order valence-corrected chi connectivity index (χ2v) is 7.53. The van der Waals surface area contributed by atoms with Gasteiger partial charge in [-0.2, -0.15) is 0 Å². The van der Waals surface area contributed by atoms with Crippen LogP contribution in [0.5, 0.6) is 11.5 Å². The van der Waals surface area contributed by atoms with Gasteiger partial charge in [0, 0.05) is 55.4 Å². The quantitative estimate of drug-likeness (QED) is 0.694. The minimum atomic E-state index is -0.807. The molecule has 0 aliphatic carbocycles. The molecule has 1 fully saturated rings. The van der Waals surface area contributed by atoms with E-state index in [1.165, 1.54) is 5.56 Å². The molecule has 0 spiro atoms. The zero-order valence-electron chi connectivity index (χ0n) is 16.0. The zero-order chi connectivity index (χ0) is 19.8. The van der Waals surface area contributed by atoms with Crippen LogP contribution in [0.4, 0.5) is 0 Å². The average Bonchev–Trinajstić information content (AvgIpc) is 3.36. The second kappa shape index (κ2) is 7.42. The number of carbonyl (C=O) groups is 1. The number of carboxylic acid groups (broad SMARTS) is 1. The van der Waals surface area contributed by atoms with Crippen LogP contribution in [-0.4, -0.2) is 58.8 Å². The molecule has 150 valence electrons. The van der Waals surface area contributed by atoms with Gasteiger partial charge >= 0.3 is 5.97 Å². The Hall–Kier alpha value is -3.03. The number of hydrogen-bond acceptors (Lipinski definition) is 5. The van der Waals surface area contributed by atoms with Gasteiger partial charge in [0.25, 0.3) is 0 Å². The van der Waals surface area contributed by atoms with E-state index < -0.39 is 12.0 Å². The van der Waals surface area contributed by atoms with E-state index in [1.54, 1.807) is 0 Å². The fraction of sp³-hybridized carbons (Fsp3) is 0.318. The summed E-state index contributed by atoms with van der Waals surface area (Å²) in [6.07, 6.45) is 1.84. The van der Waals surface area contributed by atoms with Crippen LogP contribution in [0.2, 0.25) is 0 Å². The first kappa shape index (κ1) is 18.0. The average molecular weight is 393 g/mol. The molecule has 1 saturated heterocycles. The van der Waals surface area contributed by atoms with E-state index >= 15 is 0 Å². The molecular formula is C22H23N3O4. The Bertz CT molecular complexity index is 1040. The molecule has 2 aliphatic rings. The monoisotopic (exact) mass is 393 g/mol. The number of nitrogens with one attached hydrogen (secondary N) is 1. The Kier molecular flexibility index (Phi) is 4.61. The van der Waals surface area contributed by atoms with E-state index in [4.69, 9.17) is 9.47 Å². The van der Waals surface area contributed by atoms with Crippen LogP contribution in [-0.2, 0) is 11.3 Å². The number of para-hydroxylation sites is 1. The SMILES string of the molecule is O=C(O)[C@H](c1c[nH]c2ccccc12)N1CCN(Cc2ccc3c(c2)OCO3)CC1. The van der Waals surface area contributed by atoms with Gasteiger partial charge in [-0.1, -0.05) is 24.3 Å². The summed E-state index contributed by atoms with van der Waals surface area (Å²) in [5, 5.41) is 10.9. The minimum absolute atomic E-state index is 0.280. The summed E-state index contributed by atoms with van der Waals surface area (Å²) in [6.45, 7) is 4.15. The van der Waals surface area contributed by atoms with Crippen molar-refractivity contribution in [1.82, 2.24) is 14.8 Å². The van der Waals surface area contributed by atoms with Gasteiger partial charge in [-0.05, 0) is 23.8 Å². The standard InChI is InChI=1S/C22H23N3O4/c26-22(27)21(17-12-23-18-4-2-1-3-16(17)18)25-9-7-24(8-10-25)13-15-5-6-19-20(11-15)29-14-28-19/h1-6,11-12,21,23H,7-10,13-14H2,(H,26,27)/t21-/m0/s1. The van der Waals surface area contributed by atoms with Crippen LogP contribution in [0.3, 0.4) is 0 Å². The number of benzene rings is 2. The Morgan fingerprint density at radius 1 is 1.07 bits per heavy atom. The minimum Gasteiger partial charge on any atom is -0.480 e. The van der Waals surface area contributed by atoms with Crippen molar-refractivity contribution in [3.63, 3.8) is 0 Å². The van der Waals surface area contributed by atoms with Crippen molar-refractivity contribution in [3.8, 4) is 11.5 Å². The van der Waals surface area contributed by atoms with E-state index in [-0.39, 0.29) is 6.79 Å². The van der Waals surface area contributed by atoms with Gasteiger partial charge in [0.15, 0.2) is 11.5 Å². The number of ether oxygens (including phenoxy) is 2. The maximum absolute atomic E-state index is 12.1. The molecule has 1 atom stereocenters. The van der Waals surface area contributed by atoms with Crippen LogP contribution in [0.25, 0.3) is 10.9 Å². The maximum atomic E-state index is 12.1. The van der Waals surface area contributed by atoms with Gasteiger partial charge in [0.1, 0.15) is 6.04 Å². The zero-order valence-corrected chi connectivity index (χ0v) is 16.0. The summed E-state index contributed by atoms with van der Waals surface area (Å²) in [6, 6.07) is 13.3. The van der Waals surface area contributed by atoms with E-state index in [1.807, 2.05) is 42.6 Å². The molecule has 7 heteroatoms. The summed E-state index contributed by atoms with van der Waals surface area (Å²) in [7, 11) is 0. The smallest absolute Gasteiger partial charge is 0.325 e. The number of aromatic nitrogens is 1. The predicted octanol–water partition coefficient (Wildman–Crippen LogP) is 2.84. The number of carboxylic acids is 1. The highest BCUT2D eigenvalue weighted by atomic mass is 16.7. The van der Waals surface area contributed by atoms with Crippen molar-refractivity contribution in [2.75, 3.05) is 33.0 Å². The van der Waals surface area contributed by atoms with Gasteiger partial charge in [0.05, 0.1) is 0 Å². The third-order valence-corrected chi connectivity index (χ3v) is 5.76. The maximum Gasteiger partial charge on any atom is 0.325 e. The Morgan fingerprint density at radius 3 is 2.69 bits per heavy atom. The summed E-state index contributed by atoms with van der Waals surface area (Å²) in [5.74, 6) is 0.784. The van der Waals surface area contributed by atoms with Crippen molar-refractivity contribution >= 4 is 16.9 Å². The highest BCUT2D eigenvalue weighted by Crippen LogP contribution is 2.33. The molecule has 0 bridgehead atoms. The number of nitrogens with zero attached hydrogens (tertiary/aromatic N) is 2. The fourth-order valence-electron chi connectivity index (χ4n) is 4.28. The first-order valence-electron chi connectivity index (χ1n) is 9.83. The third kappa shape index (κ3) is 3.43. The van der Waals surface area contributed by atoms with Crippen LogP contribution in [0.15, 0.2) is 48.7 Å². The molecule has 0 amide bonds. The van der Waals surface area contributed by atoms with Crippen molar-refractivity contribution < 1.29 is 19.4 Å². The number of fused-ring (bicyclic) bond motifs is 2. The highest BCUT2D eigenvalue weighted by molar-refractivity contribution is 5.89. The van der Waals surface area contributed by atoms with Crippen molar-refractivity contribution in [2.45, 2.75) is 12.6 Å². The highest BCUT2D eigenvalue weighted by Gasteiger charge is 2.32. The van der Waals surface area contributed by atoms with Gasteiger partial charge < -0.3 is 19.6 Å². The largest absolute Gasteiger partial charge is 0.480 e. The Labute approximate surface area is 168 Å². The first-order chi connectivity index (χ1) is 14.2. The van der Waals surface area contributed by atoms with Crippen molar-refractivity contribution in [1.29, 1.82) is 0 Å². The van der Waals surface area contributed by atoms with Crippen molar-refractivity contribution in [2.24, 2.45) is 0 Å². The molecule has 2 aliphatic heterocycles. The van der Waals surface area contributed by atoms with Crippen LogP contribution in [0.1, 0.15) is 17.2 Å². The normalized spacial score (nSPS) is 18.2. The number of aromatic amines is 1. The molecule has 29 heavy (non-hydrogen) atoms. The molecule has 3 heterocycles. The summed E-state index contributed by atoms with van der Waals surface area (Å²) in [4.78, 5) is 19.7. The predicted molar refractivity (Wildman–Crippen MR) is 108 cm³/mol. The van der Waals surface area contributed by atoms with Crippen LogP contribution >= 0.6 is 0 Å². The lowest BCUT2D eigenvalue weighted by atomic mass is 10.0. The molecule has 3 aromatic rings. The molecule has 5 rings (SSSR count). The van der Waals surface area contributed by atoms with Gasteiger partial charge in [-0.3, -0.25) is 14.6 Å². The Balaban J connectivity index is 1.28. The van der Waals surface area contributed by atoms with Gasteiger partial charge in [-0.25, -0.2) is 0 Å².